The zero-order valence-electron chi connectivity index (χ0n) is 19.0. The van der Waals surface area contributed by atoms with Gasteiger partial charge in [-0.15, -0.1) is 0 Å². The smallest absolute Gasteiger partial charge is 0.335 e. The van der Waals surface area contributed by atoms with Gasteiger partial charge in [0.15, 0.2) is 0 Å². The molecular formula is C26H31FN4O2. The van der Waals surface area contributed by atoms with Crippen LogP contribution in [0.5, 0.6) is 5.75 Å². The molecule has 174 valence electrons. The first-order valence-electron chi connectivity index (χ1n) is 12.1. The molecule has 0 aromatic heterocycles. The van der Waals surface area contributed by atoms with E-state index in [-0.39, 0.29) is 35.9 Å². The highest BCUT2D eigenvalue weighted by molar-refractivity contribution is 5.76. The molecular weight excluding hydrogens is 419 g/mol. The lowest BCUT2D eigenvalue weighted by Crippen LogP contribution is -2.54. The Morgan fingerprint density at radius 2 is 1.79 bits per heavy atom. The van der Waals surface area contributed by atoms with Crippen molar-refractivity contribution in [3.8, 4) is 5.75 Å². The van der Waals surface area contributed by atoms with Gasteiger partial charge < -0.3 is 14.5 Å². The molecule has 0 radical (unpaired) electrons. The molecule has 0 bridgehead atoms. The number of ether oxygens (including phenoxy) is 1. The summed E-state index contributed by atoms with van der Waals surface area (Å²) in [6, 6.07) is 15.1. The van der Waals surface area contributed by atoms with E-state index in [4.69, 9.17) is 4.74 Å². The number of urea groups is 1. The van der Waals surface area contributed by atoms with E-state index in [1.807, 2.05) is 23.2 Å². The van der Waals surface area contributed by atoms with Crippen LogP contribution >= 0.6 is 0 Å². The summed E-state index contributed by atoms with van der Waals surface area (Å²) in [5, 5.41) is 1.84. The summed E-state index contributed by atoms with van der Waals surface area (Å²) in [5.74, 6) is 0.414. The van der Waals surface area contributed by atoms with Gasteiger partial charge in [0.25, 0.3) is 0 Å². The third-order valence-electron chi connectivity index (χ3n) is 7.72. The van der Waals surface area contributed by atoms with Crippen LogP contribution in [0.4, 0.5) is 9.18 Å². The van der Waals surface area contributed by atoms with Crippen molar-refractivity contribution in [1.29, 1.82) is 0 Å². The molecule has 6 rings (SSSR count). The van der Waals surface area contributed by atoms with E-state index in [0.717, 1.165) is 49.9 Å². The van der Waals surface area contributed by atoms with E-state index in [2.05, 4.69) is 34.4 Å². The second-order valence-corrected chi connectivity index (χ2v) is 9.94. The Hall–Kier alpha value is -2.64. The highest BCUT2D eigenvalue weighted by Crippen LogP contribution is 2.49. The Balaban J connectivity index is 1.36. The second-order valence-electron chi connectivity index (χ2n) is 9.94. The fourth-order valence-corrected chi connectivity index (χ4v) is 5.85. The first-order chi connectivity index (χ1) is 16.1. The van der Waals surface area contributed by atoms with Gasteiger partial charge >= 0.3 is 6.03 Å². The van der Waals surface area contributed by atoms with E-state index in [1.54, 1.807) is 12.1 Å². The number of hydrazine groups is 1. The summed E-state index contributed by atoms with van der Waals surface area (Å²) in [5.41, 5.74) is 5.39. The number of fused-ring (bicyclic) bond motifs is 3. The average molecular weight is 451 g/mol. The zero-order valence-corrected chi connectivity index (χ0v) is 19.0. The molecule has 0 spiro atoms. The Morgan fingerprint density at radius 3 is 2.52 bits per heavy atom. The quantitative estimate of drug-likeness (QED) is 0.765. The molecule has 3 atom stereocenters. The summed E-state index contributed by atoms with van der Waals surface area (Å²) in [7, 11) is 2.15. The Labute approximate surface area is 194 Å². The second kappa shape index (κ2) is 8.29. The molecule has 6 nitrogen and oxygen atoms in total. The number of nitrogens with one attached hydrogen (secondary N) is 1. The van der Waals surface area contributed by atoms with Crippen molar-refractivity contribution >= 4 is 6.03 Å². The number of rotatable bonds is 3. The lowest BCUT2D eigenvalue weighted by atomic mass is 9.84. The van der Waals surface area contributed by atoms with E-state index in [9.17, 15) is 9.18 Å². The predicted octanol–water partition coefficient (Wildman–Crippen LogP) is 4.12. The van der Waals surface area contributed by atoms with Gasteiger partial charge in [-0.1, -0.05) is 30.3 Å². The number of benzene rings is 2. The summed E-state index contributed by atoms with van der Waals surface area (Å²) in [6.45, 7) is 2.52. The van der Waals surface area contributed by atoms with Gasteiger partial charge in [-0.25, -0.2) is 14.6 Å². The van der Waals surface area contributed by atoms with Crippen molar-refractivity contribution in [2.45, 2.75) is 49.9 Å². The van der Waals surface area contributed by atoms with E-state index in [1.165, 1.54) is 6.07 Å². The first-order valence-corrected chi connectivity index (χ1v) is 12.1. The molecule has 1 N–H and O–H groups in total. The fourth-order valence-electron chi connectivity index (χ4n) is 5.85. The number of hydrogen-bond donors (Lipinski definition) is 1. The topological polar surface area (TPSA) is 48.0 Å². The van der Waals surface area contributed by atoms with E-state index in [0.29, 0.717) is 18.4 Å². The van der Waals surface area contributed by atoms with Crippen molar-refractivity contribution < 1.29 is 13.9 Å². The number of nitrogens with zero attached hydrogens (tertiary/aromatic N) is 3. The van der Waals surface area contributed by atoms with Crippen LogP contribution in [0.15, 0.2) is 48.5 Å². The first kappa shape index (κ1) is 20.9. The number of halogens is 1. The van der Waals surface area contributed by atoms with Crippen LogP contribution in [0.2, 0.25) is 0 Å². The Morgan fingerprint density at radius 1 is 1.06 bits per heavy atom. The van der Waals surface area contributed by atoms with Crippen LogP contribution in [0.25, 0.3) is 0 Å². The van der Waals surface area contributed by atoms with Gasteiger partial charge in [-0.3, -0.25) is 5.01 Å². The van der Waals surface area contributed by atoms with Gasteiger partial charge in [-0.05, 0) is 69.6 Å². The molecule has 33 heavy (non-hydrogen) atoms. The van der Waals surface area contributed by atoms with E-state index >= 15 is 0 Å². The van der Waals surface area contributed by atoms with Crippen molar-refractivity contribution in [3.63, 3.8) is 0 Å². The molecule has 2 aromatic rings. The third-order valence-corrected chi connectivity index (χ3v) is 7.72. The fraction of sp³-hybridized carbons (Fsp3) is 0.500. The number of amides is 2. The third kappa shape index (κ3) is 3.77. The van der Waals surface area contributed by atoms with E-state index < -0.39 is 0 Å². The summed E-state index contributed by atoms with van der Waals surface area (Å²) in [6.07, 6.45) is 4.16. The Kier molecular flexibility index (Phi) is 5.26. The predicted molar refractivity (Wildman–Crippen MR) is 123 cm³/mol. The number of hydrogen-bond acceptors (Lipinski definition) is 4. The number of likely N-dealkylation sites (tertiary alicyclic amines) is 1. The van der Waals surface area contributed by atoms with Crippen LogP contribution in [0, 0.1) is 11.7 Å². The summed E-state index contributed by atoms with van der Waals surface area (Å²) in [4.78, 5) is 18.7. The van der Waals surface area contributed by atoms with Gasteiger partial charge in [0, 0.05) is 23.6 Å². The highest BCUT2D eigenvalue weighted by Gasteiger charge is 2.51. The number of piperidine rings is 1. The molecule has 3 unspecified atom stereocenters. The maximum absolute atomic E-state index is 14.2. The zero-order chi connectivity index (χ0) is 22.5. The molecule has 4 aliphatic rings. The SMILES string of the molecule is CN1CCC(N(C(=O)N2NC3c4cc(F)ccc4OCC3C2c2ccccc2)C2CC2)CC1. The molecule has 7 heteroatoms. The van der Waals surface area contributed by atoms with Crippen molar-refractivity contribution in [2.75, 3.05) is 26.7 Å². The van der Waals surface area contributed by atoms with Crippen molar-refractivity contribution in [1.82, 2.24) is 20.2 Å². The summed E-state index contributed by atoms with van der Waals surface area (Å²) >= 11 is 0. The van der Waals surface area contributed by atoms with Gasteiger partial charge in [-0.2, -0.15) is 0 Å². The Bertz CT molecular complexity index is 1020. The lowest BCUT2D eigenvalue weighted by Gasteiger charge is -2.40. The van der Waals surface area contributed by atoms with Gasteiger partial charge in [0.1, 0.15) is 11.6 Å². The molecule has 2 aromatic carbocycles. The maximum atomic E-state index is 14.2. The molecule has 2 saturated heterocycles. The molecule has 3 heterocycles. The molecule has 1 aliphatic carbocycles. The molecule has 2 amide bonds. The number of carbonyl (C=O) groups excluding carboxylic acids is 1. The standard InChI is InChI=1S/C26H31FN4O2/c1-29-13-11-20(12-14-29)30(19-8-9-19)26(32)31-25(17-5-3-2-4-6-17)22-16-33-23-10-7-18(27)15-21(23)24(22)28-31/h2-7,10,15,19-20,22,24-25,28H,8-9,11-14,16H2,1H3. The minimum Gasteiger partial charge on any atom is -0.493 e. The molecule has 1 saturated carbocycles. The van der Waals surface area contributed by atoms with Crippen molar-refractivity contribution in [3.05, 3.63) is 65.5 Å². The van der Waals surface area contributed by atoms with Crippen LogP contribution in [-0.2, 0) is 0 Å². The minimum atomic E-state index is -0.285. The van der Waals surface area contributed by atoms with Crippen LogP contribution in [-0.4, -0.2) is 59.7 Å². The van der Waals surface area contributed by atoms with Gasteiger partial charge in [0.2, 0.25) is 0 Å². The number of carbonyl (C=O) groups is 1. The minimum absolute atomic E-state index is 0.00388. The molecule has 3 fully saturated rings. The summed E-state index contributed by atoms with van der Waals surface area (Å²) < 4.78 is 20.2. The van der Waals surface area contributed by atoms with Crippen LogP contribution in [0.3, 0.4) is 0 Å². The monoisotopic (exact) mass is 450 g/mol. The van der Waals surface area contributed by atoms with Crippen LogP contribution < -0.4 is 10.2 Å². The van der Waals surface area contributed by atoms with Crippen LogP contribution in [0.1, 0.15) is 48.9 Å². The largest absolute Gasteiger partial charge is 0.493 e. The maximum Gasteiger partial charge on any atom is 0.335 e. The highest BCUT2D eigenvalue weighted by atomic mass is 19.1. The van der Waals surface area contributed by atoms with Crippen molar-refractivity contribution in [2.24, 2.45) is 5.92 Å². The molecule has 3 aliphatic heterocycles. The van der Waals surface area contributed by atoms with Gasteiger partial charge in [0.05, 0.1) is 18.7 Å². The average Bonchev–Trinajstić information content (AvgIpc) is 3.59. The normalized spacial score (nSPS) is 27.6. The lowest BCUT2D eigenvalue weighted by molar-refractivity contribution is 0.0795.